The number of hydrogen-bond donors (Lipinski definition) is 2. The van der Waals surface area contributed by atoms with Crippen molar-refractivity contribution in [3.63, 3.8) is 0 Å². The number of nitrogens with one attached hydrogen (secondary N) is 2. The van der Waals surface area contributed by atoms with E-state index in [0.29, 0.717) is 24.1 Å². The van der Waals surface area contributed by atoms with Crippen LogP contribution in [0.15, 0.2) is 33.5 Å². The molecule has 4 aliphatic heterocycles. The van der Waals surface area contributed by atoms with E-state index in [0.717, 1.165) is 27.4 Å². The lowest BCUT2D eigenvalue weighted by Crippen LogP contribution is -2.62. The zero-order chi connectivity index (χ0) is 20.5. The van der Waals surface area contributed by atoms with Crippen LogP contribution in [0.5, 0.6) is 0 Å². The van der Waals surface area contributed by atoms with Gasteiger partial charge in [-0.05, 0) is 63.0 Å². The summed E-state index contributed by atoms with van der Waals surface area (Å²) in [6.45, 7) is 6.80. The molecule has 2 aromatic rings. The lowest BCUT2D eigenvalue weighted by atomic mass is 9.79. The van der Waals surface area contributed by atoms with Crippen LogP contribution in [-0.2, 0) is 4.74 Å². The van der Waals surface area contributed by atoms with Gasteiger partial charge in [0.1, 0.15) is 5.01 Å². The topological polar surface area (TPSA) is 79.4 Å². The van der Waals surface area contributed by atoms with Gasteiger partial charge in [-0.1, -0.05) is 23.1 Å². The van der Waals surface area contributed by atoms with E-state index in [2.05, 4.69) is 32.7 Å². The number of ether oxygens (including phenoxy) is 1. The fourth-order valence-corrected chi connectivity index (χ4v) is 6.58. The molecule has 4 saturated heterocycles. The number of nitrogens with zero attached hydrogens (tertiary/aromatic N) is 3. The molecule has 3 atom stereocenters. The number of carbonyl (C=O) groups is 1. The van der Waals surface area contributed by atoms with Crippen LogP contribution in [0, 0.1) is 5.92 Å². The number of aromatic nitrogens is 2. The van der Waals surface area contributed by atoms with Gasteiger partial charge in [0, 0.05) is 29.1 Å². The number of hydrogen-bond acceptors (Lipinski definition) is 8. The predicted octanol–water partition coefficient (Wildman–Crippen LogP) is 2.56. The van der Waals surface area contributed by atoms with Crippen molar-refractivity contribution in [2.24, 2.45) is 5.92 Å². The third-order valence-corrected chi connectivity index (χ3v) is 8.53. The Morgan fingerprint density at radius 1 is 1.27 bits per heavy atom. The summed E-state index contributed by atoms with van der Waals surface area (Å²) in [5, 5.41) is 16.3. The molecule has 1 aromatic carbocycles. The minimum atomic E-state index is 0.0266. The quantitative estimate of drug-likeness (QED) is 0.732. The van der Waals surface area contributed by atoms with E-state index in [1.165, 1.54) is 25.9 Å². The van der Waals surface area contributed by atoms with Crippen LogP contribution in [0.4, 0.5) is 0 Å². The largest absolute Gasteiger partial charge is 0.378 e. The minimum absolute atomic E-state index is 0.0266. The maximum atomic E-state index is 12.8. The molecule has 2 N–H and O–H groups in total. The van der Waals surface area contributed by atoms with Crippen molar-refractivity contribution in [1.29, 1.82) is 0 Å². The second-order valence-corrected chi connectivity index (χ2v) is 10.6. The van der Waals surface area contributed by atoms with Crippen LogP contribution in [0.1, 0.15) is 41.2 Å². The van der Waals surface area contributed by atoms with Crippen LogP contribution in [-0.4, -0.2) is 65.9 Å². The normalized spacial score (nSPS) is 30.9. The zero-order valence-electron chi connectivity index (χ0n) is 17.0. The summed E-state index contributed by atoms with van der Waals surface area (Å²) < 4.78 is 6.40. The fourth-order valence-electron chi connectivity index (χ4n) is 4.68. The van der Waals surface area contributed by atoms with E-state index in [9.17, 15) is 4.79 Å². The Hall–Kier alpha value is -1.52. The van der Waals surface area contributed by atoms with Crippen molar-refractivity contribution in [3.05, 3.63) is 34.8 Å². The van der Waals surface area contributed by atoms with Gasteiger partial charge in [0.25, 0.3) is 5.91 Å². The lowest BCUT2D eigenvalue weighted by Gasteiger charge is -2.49. The van der Waals surface area contributed by atoms with Gasteiger partial charge in [-0.15, -0.1) is 10.2 Å². The van der Waals surface area contributed by atoms with Gasteiger partial charge in [0.05, 0.1) is 19.3 Å². The average Bonchev–Trinajstić information content (AvgIpc) is 3.26. The van der Waals surface area contributed by atoms with E-state index < -0.39 is 0 Å². The molecule has 0 spiro atoms. The monoisotopic (exact) mass is 445 g/mol. The van der Waals surface area contributed by atoms with Crippen molar-refractivity contribution in [2.75, 3.05) is 32.8 Å². The second-order valence-electron chi connectivity index (χ2n) is 8.23. The van der Waals surface area contributed by atoms with E-state index in [1.54, 1.807) is 23.1 Å². The number of piperidine rings is 3. The molecule has 1 unspecified atom stereocenters. The maximum absolute atomic E-state index is 12.8. The fraction of sp³-hybridized carbons (Fsp3) is 0.571. The highest BCUT2D eigenvalue weighted by atomic mass is 32.2. The molecule has 30 heavy (non-hydrogen) atoms. The van der Waals surface area contributed by atoms with E-state index in [-0.39, 0.29) is 18.0 Å². The van der Waals surface area contributed by atoms with Gasteiger partial charge in [-0.25, -0.2) is 0 Å². The summed E-state index contributed by atoms with van der Waals surface area (Å²) in [4.78, 5) is 16.4. The number of carbonyl (C=O) groups excluding carboxylic acids is 1. The van der Waals surface area contributed by atoms with Crippen molar-refractivity contribution in [3.8, 4) is 0 Å². The van der Waals surface area contributed by atoms with Gasteiger partial charge < -0.3 is 15.4 Å². The molecule has 0 aliphatic carbocycles. The highest BCUT2D eigenvalue weighted by Crippen LogP contribution is 2.34. The number of rotatable bonds is 5. The Balaban J connectivity index is 1.19. The smallest absolute Gasteiger partial charge is 0.251 e. The number of benzene rings is 1. The summed E-state index contributed by atoms with van der Waals surface area (Å²) in [7, 11) is 0. The molecule has 4 fully saturated rings. The first-order chi connectivity index (χ1) is 14.7. The van der Waals surface area contributed by atoms with Gasteiger partial charge in [-0.2, -0.15) is 0 Å². The Bertz CT molecular complexity index is 874. The second kappa shape index (κ2) is 8.92. The van der Waals surface area contributed by atoms with Crippen molar-refractivity contribution in [1.82, 2.24) is 25.7 Å². The molecule has 0 saturated carbocycles. The molecule has 1 aromatic heterocycles. The highest BCUT2D eigenvalue weighted by molar-refractivity contribution is 8.01. The first-order valence-corrected chi connectivity index (χ1v) is 12.3. The molecule has 2 bridgehead atoms. The Labute approximate surface area is 185 Å². The SMILES string of the molecule is C[C@H]1[C@H](NC(=O)c2ccc(Sc3nnc(C4COCCN4)s3)cc2)C2CCN1CC2. The number of fused-ring (bicyclic) bond motifs is 3. The lowest BCUT2D eigenvalue weighted by molar-refractivity contribution is 0.0217. The molecule has 0 radical (unpaired) electrons. The van der Waals surface area contributed by atoms with Crippen molar-refractivity contribution >= 4 is 29.0 Å². The van der Waals surface area contributed by atoms with Crippen LogP contribution in [0.3, 0.4) is 0 Å². The third kappa shape index (κ3) is 4.27. The summed E-state index contributed by atoms with van der Waals surface area (Å²) >= 11 is 3.17. The van der Waals surface area contributed by atoms with E-state index in [1.807, 2.05) is 24.3 Å². The molecule has 7 nitrogen and oxygen atoms in total. The molecule has 4 aliphatic rings. The van der Waals surface area contributed by atoms with Crippen molar-refractivity contribution in [2.45, 2.75) is 47.1 Å². The van der Waals surface area contributed by atoms with Crippen LogP contribution in [0.25, 0.3) is 0 Å². The van der Waals surface area contributed by atoms with Gasteiger partial charge in [-0.3, -0.25) is 9.69 Å². The Morgan fingerprint density at radius 2 is 2.07 bits per heavy atom. The maximum Gasteiger partial charge on any atom is 0.251 e. The van der Waals surface area contributed by atoms with Crippen molar-refractivity contribution < 1.29 is 9.53 Å². The molecular formula is C21H27N5O2S2. The van der Waals surface area contributed by atoms with Gasteiger partial charge in [0.2, 0.25) is 0 Å². The standard InChI is InChI=1S/C21H27N5O2S2/c1-13-18(14-6-9-26(13)10-7-14)23-19(27)15-2-4-16(5-3-15)29-21-25-24-20(30-21)17-12-28-11-8-22-17/h2-5,13-14,17-18,22H,6-12H2,1H3,(H,23,27)/t13-,17?,18-/m0/s1. The highest BCUT2D eigenvalue weighted by Gasteiger charge is 2.40. The van der Waals surface area contributed by atoms with Gasteiger partial charge >= 0.3 is 0 Å². The zero-order valence-corrected chi connectivity index (χ0v) is 18.7. The first-order valence-electron chi connectivity index (χ1n) is 10.6. The number of morpholine rings is 1. The molecule has 5 heterocycles. The van der Waals surface area contributed by atoms with Crippen LogP contribution >= 0.6 is 23.1 Å². The van der Waals surface area contributed by atoms with Gasteiger partial charge in [0.15, 0.2) is 4.34 Å². The minimum Gasteiger partial charge on any atom is -0.378 e. The Morgan fingerprint density at radius 3 is 2.77 bits per heavy atom. The average molecular weight is 446 g/mol. The summed E-state index contributed by atoms with van der Waals surface area (Å²) in [5.74, 6) is 0.637. The van der Waals surface area contributed by atoms with E-state index in [4.69, 9.17) is 4.74 Å². The molecule has 9 heteroatoms. The summed E-state index contributed by atoms with van der Waals surface area (Å²) in [6, 6.07) is 8.60. The third-order valence-electron chi connectivity index (χ3n) is 6.44. The summed E-state index contributed by atoms with van der Waals surface area (Å²) in [5.41, 5.74) is 0.713. The molecule has 6 rings (SSSR count). The predicted molar refractivity (Wildman–Crippen MR) is 117 cm³/mol. The van der Waals surface area contributed by atoms with Crippen LogP contribution in [0.2, 0.25) is 0 Å². The molecular weight excluding hydrogens is 418 g/mol. The molecule has 160 valence electrons. The Kier molecular flexibility index (Phi) is 6.06. The molecule has 1 amide bonds. The summed E-state index contributed by atoms with van der Waals surface area (Å²) in [6.07, 6.45) is 2.38. The first kappa shape index (κ1) is 20.4. The van der Waals surface area contributed by atoms with Crippen LogP contribution < -0.4 is 10.6 Å². The number of amides is 1. The van der Waals surface area contributed by atoms with E-state index >= 15 is 0 Å².